The van der Waals surface area contributed by atoms with Crippen LogP contribution in [0.4, 0.5) is 0 Å². The number of hydrogen-bond acceptors (Lipinski definition) is 7. The third kappa shape index (κ3) is 2.86. The molecular formula is C19H23N3O4S. The molecule has 1 amide bonds. The van der Waals surface area contributed by atoms with Crippen LogP contribution in [0.15, 0.2) is 21.5 Å². The first kappa shape index (κ1) is 18.2. The van der Waals surface area contributed by atoms with Crippen molar-refractivity contribution in [1.82, 2.24) is 15.0 Å². The Hall–Kier alpha value is -2.22. The summed E-state index contributed by atoms with van der Waals surface area (Å²) in [7, 11) is 1.41. The summed E-state index contributed by atoms with van der Waals surface area (Å²) in [6, 6.07) is 1.52. The zero-order chi connectivity index (χ0) is 19.2. The lowest BCUT2D eigenvalue weighted by molar-refractivity contribution is -0.154. The standard InChI is InChI=1S/C19H23N3O4S/c1-11(2)15-6-14(21-26-15)17(23)22-13-4-5-16(22)19(8-13,18(24)25-3)7-12-9-27-10-20-12/h6,9-11,13,16H,4-5,7-8H2,1-3H3/t13-,16+,19+/m1/s1. The topological polar surface area (TPSA) is 85.5 Å². The van der Waals surface area contributed by atoms with E-state index < -0.39 is 5.41 Å². The Bertz CT molecular complexity index is 847. The first-order valence-corrected chi connectivity index (χ1v) is 10.2. The van der Waals surface area contributed by atoms with Crippen molar-refractivity contribution in [3.05, 3.63) is 34.1 Å². The van der Waals surface area contributed by atoms with Gasteiger partial charge >= 0.3 is 5.97 Å². The van der Waals surface area contributed by atoms with Crippen LogP contribution in [0, 0.1) is 5.41 Å². The molecule has 2 aromatic heterocycles. The van der Waals surface area contributed by atoms with Gasteiger partial charge in [0.1, 0.15) is 5.76 Å². The number of methoxy groups -OCH3 is 1. The van der Waals surface area contributed by atoms with Gasteiger partial charge in [0, 0.05) is 35.9 Å². The van der Waals surface area contributed by atoms with Crippen molar-refractivity contribution in [3.8, 4) is 0 Å². The summed E-state index contributed by atoms with van der Waals surface area (Å²) in [4.78, 5) is 32.2. The number of aromatic nitrogens is 2. The molecule has 0 unspecified atom stereocenters. The molecule has 8 heteroatoms. The van der Waals surface area contributed by atoms with Gasteiger partial charge in [0.2, 0.25) is 0 Å². The molecule has 0 N–H and O–H groups in total. The van der Waals surface area contributed by atoms with Crippen molar-refractivity contribution in [1.29, 1.82) is 0 Å². The number of amides is 1. The van der Waals surface area contributed by atoms with Crippen molar-refractivity contribution >= 4 is 23.2 Å². The van der Waals surface area contributed by atoms with Gasteiger partial charge in [0.05, 0.1) is 23.7 Å². The van der Waals surface area contributed by atoms with E-state index >= 15 is 0 Å². The van der Waals surface area contributed by atoms with Crippen LogP contribution in [0.5, 0.6) is 0 Å². The van der Waals surface area contributed by atoms with E-state index in [9.17, 15) is 9.59 Å². The molecule has 2 saturated heterocycles. The van der Waals surface area contributed by atoms with Crippen molar-refractivity contribution in [2.24, 2.45) is 5.41 Å². The largest absolute Gasteiger partial charge is 0.469 e. The zero-order valence-electron chi connectivity index (χ0n) is 15.7. The van der Waals surface area contributed by atoms with Crippen molar-refractivity contribution in [2.45, 2.75) is 57.5 Å². The van der Waals surface area contributed by atoms with Crippen molar-refractivity contribution in [3.63, 3.8) is 0 Å². The van der Waals surface area contributed by atoms with Gasteiger partial charge in [-0.15, -0.1) is 11.3 Å². The molecule has 0 radical (unpaired) electrons. The highest BCUT2D eigenvalue weighted by Crippen LogP contribution is 2.52. The molecule has 2 bridgehead atoms. The molecule has 2 aliphatic heterocycles. The summed E-state index contributed by atoms with van der Waals surface area (Å²) in [5.41, 5.74) is 2.20. The van der Waals surface area contributed by atoms with Crippen LogP contribution in [0.2, 0.25) is 0 Å². The van der Waals surface area contributed by atoms with Gasteiger partial charge in [-0.25, -0.2) is 4.98 Å². The summed E-state index contributed by atoms with van der Waals surface area (Å²) >= 11 is 1.50. The Balaban J connectivity index is 1.65. The maximum Gasteiger partial charge on any atom is 0.314 e. The minimum absolute atomic E-state index is 0.0134. The Labute approximate surface area is 161 Å². The number of nitrogens with zero attached hydrogens (tertiary/aromatic N) is 3. The fourth-order valence-electron chi connectivity index (χ4n) is 4.62. The van der Waals surface area contributed by atoms with E-state index in [1.807, 2.05) is 24.1 Å². The number of thiazole rings is 1. The summed E-state index contributed by atoms with van der Waals surface area (Å²) in [6.07, 6.45) is 2.76. The molecule has 2 fully saturated rings. The molecule has 144 valence electrons. The van der Waals surface area contributed by atoms with Gasteiger partial charge in [-0.2, -0.15) is 0 Å². The first-order chi connectivity index (χ1) is 13.0. The fourth-order valence-corrected chi connectivity index (χ4v) is 5.18. The lowest BCUT2D eigenvalue weighted by Crippen LogP contribution is -2.47. The maximum absolute atomic E-state index is 13.2. The molecule has 0 saturated carbocycles. The predicted molar refractivity (Wildman–Crippen MR) is 98.5 cm³/mol. The van der Waals surface area contributed by atoms with E-state index in [4.69, 9.17) is 9.26 Å². The van der Waals surface area contributed by atoms with E-state index in [0.29, 0.717) is 24.3 Å². The van der Waals surface area contributed by atoms with E-state index in [0.717, 1.165) is 18.5 Å². The Morgan fingerprint density at radius 2 is 2.26 bits per heavy atom. The molecule has 2 aromatic rings. The third-order valence-electron chi connectivity index (χ3n) is 5.86. The van der Waals surface area contributed by atoms with Crippen molar-refractivity contribution < 1.29 is 18.8 Å². The molecule has 2 aliphatic rings. The van der Waals surface area contributed by atoms with Crippen molar-refractivity contribution in [2.75, 3.05) is 7.11 Å². The molecule has 0 spiro atoms. The lowest BCUT2D eigenvalue weighted by atomic mass is 9.71. The van der Waals surface area contributed by atoms with E-state index in [-0.39, 0.29) is 29.9 Å². The van der Waals surface area contributed by atoms with Crippen LogP contribution >= 0.6 is 11.3 Å². The van der Waals surface area contributed by atoms with Crippen LogP contribution in [0.1, 0.15) is 61.0 Å². The lowest BCUT2D eigenvalue weighted by Gasteiger charge is -2.34. The van der Waals surface area contributed by atoms with E-state index in [1.54, 1.807) is 11.6 Å². The fraction of sp³-hybridized carbons (Fsp3) is 0.579. The van der Waals surface area contributed by atoms with Gasteiger partial charge < -0.3 is 14.2 Å². The minimum atomic E-state index is -0.744. The van der Waals surface area contributed by atoms with Crippen LogP contribution in [-0.4, -0.2) is 46.1 Å². The van der Waals surface area contributed by atoms with Crippen LogP contribution in [-0.2, 0) is 16.0 Å². The summed E-state index contributed by atoms with van der Waals surface area (Å²) in [5, 5.41) is 5.93. The first-order valence-electron chi connectivity index (χ1n) is 9.21. The molecule has 0 aliphatic carbocycles. The van der Waals surface area contributed by atoms with Crippen LogP contribution in [0.3, 0.4) is 0 Å². The zero-order valence-corrected chi connectivity index (χ0v) is 16.5. The maximum atomic E-state index is 13.2. The Morgan fingerprint density at radius 1 is 1.44 bits per heavy atom. The normalized spacial score (nSPS) is 26.7. The average molecular weight is 389 g/mol. The smallest absolute Gasteiger partial charge is 0.314 e. The van der Waals surface area contributed by atoms with Crippen LogP contribution in [0.25, 0.3) is 0 Å². The Morgan fingerprint density at radius 3 is 2.89 bits per heavy atom. The molecular weight excluding hydrogens is 366 g/mol. The van der Waals surface area contributed by atoms with Crippen LogP contribution < -0.4 is 0 Å². The van der Waals surface area contributed by atoms with Gasteiger partial charge in [0.15, 0.2) is 5.69 Å². The molecule has 4 heterocycles. The highest BCUT2D eigenvalue weighted by molar-refractivity contribution is 7.07. The minimum Gasteiger partial charge on any atom is -0.469 e. The molecule has 27 heavy (non-hydrogen) atoms. The van der Waals surface area contributed by atoms with E-state index in [1.165, 1.54) is 18.4 Å². The number of carbonyl (C=O) groups is 2. The third-order valence-corrected chi connectivity index (χ3v) is 6.50. The van der Waals surface area contributed by atoms with Gasteiger partial charge in [-0.05, 0) is 19.3 Å². The molecule has 0 aromatic carbocycles. The van der Waals surface area contributed by atoms with Gasteiger partial charge in [-0.3, -0.25) is 9.59 Å². The average Bonchev–Trinajstić information content (AvgIpc) is 3.43. The summed E-state index contributed by atoms with van der Waals surface area (Å²) < 4.78 is 10.5. The van der Waals surface area contributed by atoms with Gasteiger partial charge in [0.25, 0.3) is 5.91 Å². The quantitative estimate of drug-likeness (QED) is 0.731. The molecule has 4 rings (SSSR count). The number of esters is 1. The second-order valence-electron chi connectivity index (χ2n) is 7.74. The molecule has 3 atom stereocenters. The number of fused-ring (bicyclic) bond motifs is 2. The van der Waals surface area contributed by atoms with Gasteiger partial charge in [-0.1, -0.05) is 19.0 Å². The Kier molecular flexibility index (Phi) is 4.53. The number of rotatable bonds is 5. The predicted octanol–water partition coefficient (Wildman–Crippen LogP) is 3.03. The second-order valence-corrected chi connectivity index (χ2v) is 8.46. The number of hydrogen-bond donors (Lipinski definition) is 0. The summed E-state index contributed by atoms with van der Waals surface area (Å²) in [6.45, 7) is 3.98. The number of ether oxygens (including phenoxy) is 1. The van der Waals surface area contributed by atoms with E-state index in [2.05, 4.69) is 10.1 Å². The molecule has 7 nitrogen and oxygen atoms in total. The highest BCUT2D eigenvalue weighted by atomic mass is 32.1. The monoisotopic (exact) mass is 389 g/mol. The number of carbonyl (C=O) groups excluding carboxylic acids is 2. The highest BCUT2D eigenvalue weighted by Gasteiger charge is 2.62. The summed E-state index contributed by atoms with van der Waals surface area (Å²) in [5.74, 6) is 0.422. The SMILES string of the molecule is COC(=O)[C@@]1(Cc2cscn2)C[C@H]2CC[C@@H]1N2C(=O)c1cc(C(C)C)on1. The second kappa shape index (κ2) is 6.74.